The smallest absolute Gasteiger partial charge is 0.390 e. The minimum Gasteiger partial charge on any atom is -0.390 e. The van der Waals surface area contributed by atoms with Crippen molar-refractivity contribution in [1.82, 2.24) is 0 Å². The largest absolute Gasteiger partial charge is 0.426 e. The van der Waals surface area contributed by atoms with Gasteiger partial charge in [0.15, 0.2) is 0 Å². The summed E-state index contributed by atoms with van der Waals surface area (Å²) >= 11 is 0. The zero-order chi connectivity index (χ0) is 32.8. The molecule has 1 fully saturated rings. The van der Waals surface area contributed by atoms with Crippen LogP contribution in [0.25, 0.3) is 0 Å². The van der Waals surface area contributed by atoms with Crippen molar-refractivity contribution in [2.24, 2.45) is 0 Å². The topological polar surface area (TPSA) is 58.9 Å². The van der Waals surface area contributed by atoms with Crippen LogP contribution in [0.1, 0.15) is 6.92 Å². The third kappa shape index (κ3) is 4.02. The lowest BCUT2D eigenvalue weighted by Crippen LogP contribution is -2.92. The van der Waals surface area contributed by atoms with E-state index in [2.05, 4.69) is 0 Å². The Morgan fingerprint density at radius 1 is 0.475 bits per heavy atom. The minimum absolute atomic E-state index is 1.46. The summed E-state index contributed by atoms with van der Waals surface area (Å²) in [6.07, 6.45) is -31.7. The molecule has 1 rings (SSSR count). The summed E-state index contributed by atoms with van der Waals surface area (Å²) < 4.78 is 295. The van der Waals surface area contributed by atoms with E-state index in [4.69, 9.17) is 10.2 Å². The highest BCUT2D eigenvalue weighted by Gasteiger charge is 3.07. The van der Waals surface area contributed by atoms with Crippen molar-refractivity contribution < 1.29 is 112 Å². The molecular weight excluding hydrogens is 643 g/mol. The van der Waals surface area contributed by atoms with Crippen LogP contribution >= 0.6 is 0 Å². The summed E-state index contributed by atoms with van der Waals surface area (Å²) in [4.78, 5) is 0. The maximum atomic E-state index is 14.9. The van der Waals surface area contributed by atoms with Gasteiger partial charge in [-0.1, -0.05) is 0 Å². The standard InChI is InChI=1S/C15H9F21O4/c1-4(16)9(23,24)7(21,14(33,34)39-12(29,30)5(17,18)2-37)11(27,28)8(22,10(4,25)26)15(35,36)40-13(31,32)6(19,20)3-38/h37-38H,2-3H2,1H3. The van der Waals surface area contributed by atoms with E-state index >= 15 is 0 Å². The molecule has 2 N–H and O–H groups in total. The zero-order valence-corrected chi connectivity index (χ0v) is 18.1. The molecule has 1 aliphatic rings. The van der Waals surface area contributed by atoms with Gasteiger partial charge < -0.3 is 10.2 Å². The molecule has 2 unspecified atom stereocenters. The Balaban J connectivity index is 4.20. The molecule has 4 nitrogen and oxygen atoms in total. The molecule has 1 saturated carbocycles. The summed E-state index contributed by atoms with van der Waals surface area (Å²) in [5, 5.41) is 16.0. The first kappa shape index (κ1) is 36.4. The molecule has 2 atom stereocenters. The first-order valence-corrected chi connectivity index (χ1v) is 9.12. The molecule has 0 aromatic heterocycles. The maximum absolute atomic E-state index is 14.9. The van der Waals surface area contributed by atoms with Gasteiger partial charge in [0, 0.05) is 0 Å². The molecule has 25 heteroatoms. The lowest BCUT2D eigenvalue weighted by atomic mass is 9.61. The Morgan fingerprint density at radius 3 is 0.900 bits per heavy atom. The Kier molecular flexibility index (Phi) is 8.13. The number of aliphatic hydroxyl groups excluding tert-OH is 2. The molecule has 0 radical (unpaired) electrons. The van der Waals surface area contributed by atoms with Crippen molar-refractivity contribution in [3.63, 3.8) is 0 Å². The third-order valence-corrected chi connectivity index (χ3v) is 5.47. The minimum atomic E-state index is -9.04. The van der Waals surface area contributed by atoms with Crippen LogP contribution < -0.4 is 0 Å². The molecule has 0 saturated heterocycles. The quantitative estimate of drug-likeness (QED) is 0.297. The van der Waals surface area contributed by atoms with E-state index in [1.807, 2.05) is 0 Å². The van der Waals surface area contributed by atoms with Gasteiger partial charge in [-0.25, -0.2) is 22.6 Å². The highest BCUT2D eigenvalue weighted by Crippen LogP contribution is 2.75. The molecular formula is C15H9F21O4. The summed E-state index contributed by atoms with van der Waals surface area (Å²) in [5.41, 5.74) is -25.0. The van der Waals surface area contributed by atoms with E-state index in [1.165, 1.54) is 9.47 Å². The summed E-state index contributed by atoms with van der Waals surface area (Å²) in [5.74, 6) is -38.7. The molecule has 0 aliphatic heterocycles. The van der Waals surface area contributed by atoms with Crippen molar-refractivity contribution in [2.45, 2.75) is 78.0 Å². The van der Waals surface area contributed by atoms with Crippen LogP contribution in [0.5, 0.6) is 0 Å². The van der Waals surface area contributed by atoms with Crippen molar-refractivity contribution in [1.29, 1.82) is 0 Å². The SMILES string of the molecule is CC1(F)C(F)(F)C(F)(C(F)(F)OC(F)(F)C(F)(F)CO)C(F)(F)C(F)(C(F)(F)OC(F)(F)C(F)(F)CO)C1(F)F. The van der Waals surface area contributed by atoms with Crippen LogP contribution in [-0.2, 0) is 9.47 Å². The Labute approximate surface area is 204 Å². The van der Waals surface area contributed by atoms with Crippen LogP contribution in [0, 0.1) is 0 Å². The van der Waals surface area contributed by atoms with E-state index < -0.39 is 91.2 Å². The number of aliphatic hydroxyl groups is 2. The molecule has 0 aromatic carbocycles. The van der Waals surface area contributed by atoms with E-state index in [-0.39, 0.29) is 0 Å². The van der Waals surface area contributed by atoms with Gasteiger partial charge in [0.25, 0.3) is 0 Å². The number of rotatable bonds is 10. The first-order valence-electron chi connectivity index (χ1n) is 9.12. The van der Waals surface area contributed by atoms with Gasteiger partial charge >= 0.3 is 65.4 Å². The average molecular weight is 652 g/mol. The van der Waals surface area contributed by atoms with Gasteiger partial charge in [-0.2, -0.15) is 79.0 Å². The second kappa shape index (κ2) is 8.94. The van der Waals surface area contributed by atoms with Crippen molar-refractivity contribution >= 4 is 0 Å². The molecule has 0 aromatic rings. The van der Waals surface area contributed by atoms with Gasteiger partial charge in [-0.15, -0.1) is 0 Å². The summed E-state index contributed by atoms with van der Waals surface area (Å²) in [6.45, 7) is -8.69. The lowest BCUT2D eigenvalue weighted by Gasteiger charge is -2.59. The fourth-order valence-corrected chi connectivity index (χ4v) is 3.00. The van der Waals surface area contributed by atoms with Crippen LogP contribution in [-0.4, -0.2) is 94.5 Å². The Hall–Kier alpha value is -1.63. The summed E-state index contributed by atoms with van der Waals surface area (Å²) in [6, 6.07) is 0. The van der Waals surface area contributed by atoms with Crippen molar-refractivity contribution in [2.75, 3.05) is 13.2 Å². The molecule has 240 valence electrons. The van der Waals surface area contributed by atoms with Gasteiger partial charge in [0.2, 0.25) is 5.67 Å². The fourth-order valence-electron chi connectivity index (χ4n) is 3.00. The highest BCUT2D eigenvalue weighted by molar-refractivity contribution is 5.34. The summed E-state index contributed by atoms with van der Waals surface area (Å²) in [7, 11) is 0. The molecule has 0 spiro atoms. The molecule has 0 bridgehead atoms. The van der Waals surface area contributed by atoms with E-state index in [1.54, 1.807) is 0 Å². The normalized spacial score (nSPS) is 31.8. The highest BCUT2D eigenvalue weighted by atomic mass is 19.4. The van der Waals surface area contributed by atoms with E-state index in [9.17, 15) is 92.2 Å². The average Bonchev–Trinajstić information content (AvgIpc) is 2.74. The molecule has 40 heavy (non-hydrogen) atoms. The maximum Gasteiger partial charge on any atom is 0.426 e. The fraction of sp³-hybridized carbons (Fsp3) is 1.00. The van der Waals surface area contributed by atoms with Crippen LogP contribution in [0.15, 0.2) is 0 Å². The van der Waals surface area contributed by atoms with Crippen molar-refractivity contribution in [3.05, 3.63) is 0 Å². The number of halogens is 21. The van der Waals surface area contributed by atoms with Crippen molar-refractivity contribution in [3.8, 4) is 0 Å². The zero-order valence-electron chi connectivity index (χ0n) is 18.1. The predicted molar refractivity (Wildman–Crippen MR) is 78.1 cm³/mol. The second-order valence-corrected chi connectivity index (χ2v) is 8.04. The number of hydrogen-bond donors (Lipinski definition) is 2. The van der Waals surface area contributed by atoms with Crippen LogP contribution in [0.2, 0.25) is 0 Å². The predicted octanol–water partition coefficient (Wildman–Crippen LogP) is 5.71. The van der Waals surface area contributed by atoms with E-state index in [0.717, 1.165) is 0 Å². The van der Waals surface area contributed by atoms with Crippen LogP contribution in [0.3, 0.4) is 0 Å². The van der Waals surface area contributed by atoms with Gasteiger partial charge in [0.05, 0.1) is 0 Å². The molecule has 0 heterocycles. The second-order valence-electron chi connectivity index (χ2n) is 8.04. The van der Waals surface area contributed by atoms with E-state index in [0.29, 0.717) is 0 Å². The monoisotopic (exact) mass is 652 g/mol. The van der Waals surface area contributed by atoms with Gasteiger partial charge in [-0.3, -0.25) is 0 Å². The Morgan fingerprint density at radius 2 is 0.700 bits per heavy atom. The number of alkyl halides is 21. The van der Waals surface area contributed by atoms with Gasteiger partial charge in [0.1, 0.15) is 13.2 Å². The molecule has 0 amide bonds. The lowest BCUT2D eigenvalue weighted by molar-refractivity contribution is -0.557. The Bertz CT molecular complexity index is 892. The number of hydrogen-bond acceptors (Lipinski definition) is 4. The third-order valence-electron chi connectivity index (χ3n) is 5.47. The van der Waals surface area contributed by atoms with Gasteiger partial charge in [-0.05, 0) is 6.92 Å². The molecule has 1 aliphatic carbocycles. The van der Waals surface area contributed by atoms with Crippen LogP contribution in [0.4, 0.5) is 92.2 Å². The number of ether oxygens (including phenoxy) is 2. The first-order chi connectivity index (χ1) is 17.0.